The van der Waals surface area contributed by atoms with E-state index in [1.165, 1.54) is 0 Å². The van der Waals surface area contributed by atoms with Gasteiger partial charge >= 0.3 is 0 Å². The number of nitrogen functional groups attached to an aromatic ring is 2. The van der Waals surface area contributed by atoms with Crippen molar-refractivity contribution in [3.8, 4) is 5.88 Å². The second-order valence-corrected chi connectivity index (χ2v) is 5.76. The van der Waals surface area contributed by atoms with Crippen LogP contribution >= 0.6 is 0 Å². The van der Waals surface area contributed by atoms with E-state index in [1.807, 2.05) is 30.3 Å². The van der Waals surface area contributed by atoms with Gasteiger partial charge in [-0.1, -0.05) is 30.3 Å². The minimum absolute atomic E-state index is 0.0211. The summed E-state index contributed by atoms with van der Waals surface area (Å²) in [5, 5.41) is 0. The Balaban J connectivity index is 1.37. The topological polar surface area (TPSA) is 106 Å². The Kier molecular flexibility index (Phi) is 5.45. The maximum atomic E-state index is 5.93. The Bertz CT molecular complexity index is 633. The summed E-state index contributed by atoms with van der Waals surface area (Å²) in [4.78, 5) is 7.78. The van der Waals surface area contributed by atoms with E-state index in [0.29, 0.717) is 25.7 Å². The van der Waals surface area contributed by atoms with Crippen molar-refractivity contribution in [2.45, 2.75) is 31.7 Å². The zero-order valence-electron chi connectivity index (χ0n) is 13.4. The summed E-state index contributed by atoms with van der Waals surface area (Å²) in [5.41, 5.74) is 12.3. The number of aromatic nitrogens is 2. The molecule has 0 unspecified atom stereocenters. The summed E-state index contributed by atoms with van der Waals surface area (Å²) in [6.45, 7) is 1.59. The number of nitrogens with two attached hydrogens (primary N) is 2. The predicted octanol–water partition coefficient (Wildman–Crippen LogP) is 1.78. The van der Waals surface area contributed by atoms with Crippen molar-refractivity contribution in [2.75, 3.05) is 24.7 Å². The fourth-order valence-electron chi connectivity index (χ4n) is 2.62. The molecule has 7 nitrogen and oxygen atoms in total. The van der Waals surface area contributed by atoms with Gasteiger partial charge in [-0.2, -0.15) is 9.97 Å². The van der Waals surface area contributed by atoms with Gasteiger partial charge in [-0.25, -0.2) is 0 Å². The van der Waals surface area contributed by atoms with E-state index in [1.54, 1.807) is 6.07 Å². The van der Waals surface area contributed by atoms with Gasteiger partial charge in [-0.15, -0.1) is 0 Å². The highest BCUT2D eigenvalue weighted by atomic mass is 16.6. The number of benzene rings is 1. The standard InChI is InChI=1S/C17H22N4O3/c18-15-8-16(21-17(19)20-15)23-11-14-7-6-13(24-14)10-22-9-12-4-2-1-3-5-12/h1-5,8,13-14H,6-7,9-11H2,(H4,18,19,20,21)/t13-,14+/m0/s1. The molecule has 0 bridgehead atoms. The average Bonchev–Trinajstić information content (AvgIpc) is 3.01. The Hall–Kier alpha value is -2.38. The predicted molar refractivity (Wildman–Crippen MR) is 90.3 cm³/mol. The van der Waals surface area contributed by atoms with E-state index in [9.17, 15) is 0 Å². The lowest BCUT2D eigenvalue weighted by Gasteiger charge is -2.15. The lowest BCUT2D eigenvalue weighted by atomic mass is 10.2. The molecule has 3 rings (SSSR count). The van der Waals surface area contributed by atoms with Gasteiger partial charge in [0.15, 0.2) is 0 Å². The Labute approximate surface area is 140 Å². The van der Waals surface area contributed by atoms with Gasteiger partial charge in [-0.3, -0.25) is 0 Å². The molecule has 0 radical (unpaired) electrons. The molecule has 128 valence electrons. The molecule has 1 fully saturated rings. The third-order valence-electron chi connectivity index (χ3n) is 3.77. The highest BCUT2D eigenvalue weighted by Crippen LogP contribution is 2.22. The summed E-state index contributed by atoms with van der Waals surface area (Å²) in [7, 11) is 0. The maximum absolute atomic E-state index is 5.93. The van der Waals surface area contributed by atoms with E-state index < -0.39 is 0 Å². The number of rotatable bonds is 7. The summed E-state index contributed by atoms with van der Waals surface area (Å²) < 4.78 is 17.2. The van der Waals surface area contributed by atoms with Crippen molar-refractivity contribution in [2.24, 2.45) is 0 Å². The van der Waals surface area contributed by atoms with Crippen LogP contribution in [0.3, 0.4) is 0 Å². The van der Waals surface area contributed by atoms with E-state index in [-0.39, 0.29) is 24.0 Å². The molecule has 24 heavy (non-hydrogen) atoms. The van der Waals surface area contributed by atoms with E-state index in [2.05, 4.69) is 9.97 Å². The number of hydrogen-bond donors (Lipinski definition) is 2. The SMILES string of the molecule is Nc1cc(OC[C@H]2CC[C@@H](COCc3ccccc3)O2)nc(N)n1. The van der Waals surface area contributed by atoms with Crippen LogP contribution in [0.1, 0.15) is 18.4 Å². The van der Waals surface area contributed by atoms with Crippen molar-refractivity contribution in [1.29, 1.82) is 0 Å². The van der Waals surface area contributed by atoms with Crippen molar-refractivity contribution in [3.63, 3.8) is 0 Å². The van der Waals surface area contributed by atoms with Gasteiger partial charge in [0.25, 0.3) is 0 Å². The molecule has 1 aromatic carbocycles. The monoisotopic (exact) mass is 330 g/mol. The number of ether oxygens (including phenoxy) is 3. The summed E-state index contributed by atoms with van der Waals surface area (Å²) in [5.74, 6) is 0.758. The van der Waals surface area contributed by atoms with Crippen LogP contribution in [-0.2, 0) is 16.1 Å². The molecule has 0 spiro atoms. The first kappa shape index (κ1) is 16.5. The molecule has 2 aromatic rings. The minimum atomic E-state index is 0.0211. The Morgan fingerprint density at radius 3 is 2.54 bits per heavy atom. The van der Waals surface area contributed by atoms with Crippen molar-refractivity contribution >= 4 is 11.8 Å². The molecule has 1 saturated heterocycles. The molecule has 0 aliphatic carbocycles. The first-order valence-corrected chi connectivity index (χ1v) is 7.99. The van der Waals surface area contributed by atoms with Crippen LogP contribution in [0.25, 0.3) is 0 Å². The minimum Gasteiger partial charge on any atom is -0.475 e. The smallest absolute Gasteiger partial charge is 0.225 e. The quantitative estimate of drug-likeness (QED) is 0.797. The van der Waals surface area contributed by atoms with Gasteiger partial charge in [0, 0.05) is 6.07 Å². The van der Waals surface area contributed by atoms with Gasteiger partial charge in [0.2, 0.25) is 11.8 Å². The van der Waals surface area contributed by atoms with Crippen LogP contribution in [0, 0.1) is 0 Å². The van der Waals surface area contributed by atoms with Crippen LogP contribution < -0.4 is 16.2 Å². The second kappa shape index (κ2) is 7.94. The molecule has 2 atom stereocenters. The highest BCUT2D eigenvalue weighted by molar-refractivity contribution is 5.38. The van der Waals surface area contributed by atoms with E-state index >= 15 is 0 Å². The lowest BCUT2D eigenvalue weighted by molar-refractivity contribution is -0.0322. The Morgan fingerprint density at radius 2 is 1.79 bits per heavy atom. The van der Waals surface area contributed by atoms with Crippen molar-refractivity contribution in [1.82, 2.24) is 9.97 Å². The zero-order valence-corrected chi connectivity index (χ0v) is 13.4. The molecular formula is C17H22N4O3. The molecule has 1 aromatic heterocycles. The largest absolute Gasteiger partial charge is 0.475 e. The van der Waals surface area contributed by atoms with Gasteiger partial charge in [0.1, 0.15) is 12.4 Å². The van der Waals surface area contributed by atoms with Crippen LogP contribution in [0.2, 0.25) is 0 Å². The van der Waals surface area contributed by atoms with Crippen LogP contribution in [-0.4, -0.2) is 35.4 Å². The molecule has 1 aliphatic heterocycles. The second-order valence-electron chi connectivity index (χ2n) is 5.76. The average molecular weight is 330 g/mol. The molecule has 0 saturated carbocycles. The first-order chi connectivity index (χ1) is 11.7. The van der Waals surface area contributed by atoms with Crippen molar-refractivity contribution < 1.29 is 14.2 Å². The fraction of sp³-hybridized carbons (Fsp3) is 0.412. The lowest BCUT2D eigenvalue weighted by Crippen LogP contribution is -2.22. The molecule has 7 heteroatoms. The van der Waals surface area contributed by atoms with Crippen molar-refractivity contribution in [3.05, 3.63) is 42.0 Å². The molecule has 1 aliphatic rings. The normalized spacial score (nSPS) is 20.2. The Morgan fingerprint density at radius 1 is 1.04 bits per heavy atom. The summed E-state index contributed by atoms with van der Waals surface area (Å²) in [6.07, 6.45) is 2.00. The van der Waals surface area contributed by atoms with E-state index in [0.717, 1.165) is 18.4 Å². The fourth-order valence-corrected chi connectivity index (χ4v) is 2.62. The van der Waals surface area contributed by atoms with Gasteiger partial charge < -0.3 is 25.7 Å². The van der Waals surface area contributed by atoms with Gasteiger partial charge in [-0.05, 0) is 18.4 Å². The molecule has 0 amide bonds. The molecular weight excluding hydrogens is 308 g/mol. The highest BCUT2D eigenvalue weighted by Gasteiger charge is 2.26. The summed E-state index contributed by atoms with van der Waals surface area (Å²) >= 11 is 0. The summed E-state index contributed by atoms with van der Waals surface area (Å²) in [6, 6.07) is 11.6. The molecule has 2 heterocycles. The number of anilines is 2. The third-order valence-corrected chi connectivity index (χ3v) is 3.77. The molecule has 4 N–H and O–H groups in total. The first-order valence-electron chi connectivity index (χ1n) is 7.99. The number of hydrogen-bond acceptors (Lipinski definition) is 7. The van der Waals surface area contributed by atoms with Gasteiger partial charge in [0.05, 0.1) is 25.4 Å². The maximum Gasteiger partial charge on any atom is 0.225 e. The third kappa shape index (κ3) is 4.81. The zero-order chi connectivity index (χ0) is 16.8. The van der Waals surface area contributed by atoms with Crippen LogP contribution in [0.15, 0.2) is 36.4 Å². The van der Waals surface area contributed by atoms with E-state index in [4.69, 9.17) is 25.7 Å². The number of nitrogens with zero attached hydrogens (tertiary/aromatic N) is 2. The van der Waals surface area contributed by atoms with Crippen LogP contribution in [0.4, 0.5) is 11.8 Å². The van der Waals surface area contributed by atoms with Crippen LogP contribution in [0.5, 0.6) is 5.88 Å².